The maximum absolute atomic E-state index is 5.31. The smallest absolute Gasteiger partial charge is 0.243 e. The number of nitrogens with zero attached hydrogens (tertiary/aromatic N) is 2. The molecule has 1 saturated carbocycles. The van der Waals surface area contributed by atoms with Crippen molar-refractivity contribution in [2.75, 3.05) is 6.54 Å². The minimum absolute atomic E-state index is 0.162. The lowest BCUT2D eigenvalue weighted by Crippen LogP contribution is -2.18. The molecular formula is C12H21N3O. The molecule has 1 heterocycles. The van der Waals surface area contributed by atoms with Crippen LogP contribution < -0.4 is 5.32 Å². The molecule has 1 aliphatic rings. The lowest BCUT2D eigenvalue weighted by Gasteiger charge is -2.17. The van der Waals surface area contributed by atoms with E-state index in [9.17, 15) is 0 Å². The number of rotatable bonds is 4. The summed E-state index contributed by atoms with van der Waals surface area (Å²) in [5, 5.41) is 7.40. The zero-order valence-corrected chi connectivity index (χ0v) is 10.2. The average Bonchev–Trinajstić information content (AvgIpc) is 2.80. The van der Waals surface area contributed by atoms with Crippen molar-refractivity contribution in [2.24, 2.45) is 0 Å². The van der Waals surface area contributed by atoms with Gasteiger partial charge in [0.2, 0.25) is 5.89 Å². The first-order valence-electron chi connectivity index (χ1n) is 6.38. The summed E-state index contributed by atoms with van der Waals surface area (Å²) >= 11 is 0. The second-order valence-corrected chi connectivity index (χ2v) is 4.61. The molecule has 1 unspecified atom stereocenters. The van der Waals surface area contributed by atoms with E-state index in [0.717, 1.165) is 18.3 Å². The van der Waals surface area contributed by atoms with Gasteiger partial charge >= 0.3 is 0 Å². The fourth-order valence-electron chi connectivity index (χ4n) is 2.34. The predicted octanol–water partition coefficient (Wildman–Crippen LogP) is 2.79. The van der Waals surface area contributed by atoms with Gasteiger partial charge in [-0.15, -0.1) is 0 Å². The van der Waals surface area contributed by atoms with Gasteiger partial charge in [-0.05, 0) is 26.3 Å². The molecule has 1 aromatic heterocycles. The van der Waals surface area contributed by atoms with Crippen LogP contribution in [0.2, 0.25) is 0 Å². The molecule has 0 aromatic carbocycles. The lowest BCUT2D eigenvalue weighted by molar-refractivity contribution is 0.331. The molecular weight excluding hydrogens is 202 g/mol. The zero-order valence-electron chi connectivity index (χ0n) is 10.2. The first-order valence-corrected chi connectivity index (χ1v) is 6.38. The molecule has 90 valence electrons. The third kappa shape index (κ3) is 2.61. The molecule has 16 heavy (non-hydrogen) atoms. The summed E-state index contributed by atoms with van der Waals surface area (Å²) in [5.41, 5.74) is 0. The fraction of sp³-hybridized carbons (Fsp3) is 0.833. The molecule has 1 fully saturated rings. The number of hydrogen-bond donors (Lipinski definition) is 1. The van der Waals surface area contributed by atoms with Gasteiger partial charge in [0.15, 0.2) is 5.82 Å². The van der Waals surface area contributed by atoms with Crippen LogP contribution in [0.4, 0.5) is 0 Å². The number of aromatic nitrogens is 2. The van der Waals surface area contributed by atoms with E-state index in [1.54, 1.807) is 0 Å². The van der Waals surface area contributed by atoms with Crippen molar-refractivity contribution in [1.29, 1.82) is 0 Å². The minimum atomic E-state index is 0.162. The van der Waals surface area contributed by atoms with Gasteiger partial charge in [-0.25, -0.2) is 0 Å². The summed E-state index contributed by atoms with van der Waals surface area (Å²) in [6.45, 7) is 5.05. The Labute approximate surface area is 96.8 Å². The van der Waals surface area contributed by atoms with Gasteiger partial charge in [-0.3, -0.25) is 0 Å². The average molecular weight is 223 g/mol. The van der Waals surface area contributed by atoms with Crippen molar-refractivity contribution in [3.8, 4) is 0 Å². The molecule has 0 saturated heterocycles. The highest BCUT2D eigenvalue weighted by Gasteiger charge is 2.22. The SMILES string of the molecule is CCNC(C)c1nc(C2CCCCC2)no1. The van der Waals surface area contributed by atoms with Gasteiger partial charge in [-0.2, -0.15) is 4.98 Å². The third-order valence-electron chi connectivity index (χ3n) is 3.31. The summed E-state index contributed by atoms with van der Waals surface area (Å²) in [7, 11) is 0. The van der Waals surface area contributed by atoms with E-state index < -0.39 is 0 Å². The Kier molecular flexibility index (Phi) is 3.93. The fourth-order valence-corrected chi connectivity index (χ4v) is 2.34. The Hall–Kier alpha value is -0.900. The first kappa shape index (κ1) is 11.6. The van der Waals surface area contributed by atoms with Crippen molar-refractivity contribution in [3.05, 3.63) is 11.7 Å². The Morgan fingerprint density at radius 3 is 2.81 bits per heavy atom. The molecule has 0 spiro atoms. The highest BCUT2D eigenvalue weighted by atomic mass is 16.5. The summed E-state index contributed by atoms with van der Waals surface area (Å²) in [6, 6.07) is 0.162. The van der Waals surface area contributed by atoms with Gasteiger partial charge in [0.1, 0.15) is 0 Å². The lowest BCUT2D eigenvalue weighted by atomic mass is 9.89. The van der Waals surface area contributed by atoms with Crippen LogP contribution in [-0.2, 0) is 0 Å². The minimum Gasteiger partial charge on any atom is -0.338 e. The van der Waals surface area contributed by atoms with Crippen LogP contribution in [0.3, 0.4) is 0 Å². The quantitative estimate of drug-likeness (QED) is 0.852. The largest absolute Gasteiger partial charge is 0.338 e. The van der Waals surface area contributed by atoms with E-state index in [1.807, 2.05) is 0 Å². The topological polar surface area (TPSA) is 51.0 Å². The van der Waals surface area contributed by atoms with Gasteiger partial charge in [0.05, 0.1) is 6.04 Å². The van der Waals surface area contributed by atoms with E-state index in [4.69, 9.17) is 4.52 Å². The molecule has 4 nitrogen and oxygen atoms in total. The molecule has 4 heteroatoms. The molecule has 0 aliphatic heterocycles. The van der Waals surface area contributed by atoms with Crippen molar-refractivity contribution < 1.29 is 4.52 Å². The highest BCUT2D eigenvalue weighted by molar-refractivity contribution is 4.98. The van der Waals surface area contributed by atoms with Gasteiger partial charge in [0, 0.05) is 5.92 Å². The first-order chi connectivity index (χ1) is 7.81. The summed E-state index contributed by atoms with van der Waals surface area (Å²) < 4.78 is 5.31. The molecule has 1 aromatic rings. The Morgan fingerprint density at radius 1 is 1.38 bits per heavy atom. The van der Waals surface area contributed by atoms with Crippen molar-refractivity contribution in [2.45, 2.75) is 57.9 Å². The monoisotopic (exact) mass is 223 g/mol. The van der Waals surface area contributed by atoms with Crippen molar-refractivity contribution in [1.82, 2.24) is 15.5 Å². The van der Waals surface area contributed by atoms with Gasteiger partial charge in [-0.1, -0.05) is 31.3 Å². The molecule has 0 radical (unpaired) electrons. The maximum Gasteiger partial charge on any atom is 0.243 e. The van der Waals surface area contributed by atoms with Gasteiger partial charge in [0.25, 0.3) is 0 Å². The third-order valence-corrected chi connectivity index (χ3v) is 3.31. The van der Waals surface area contributed by atoms with E-state index in [0.29, 0.717) is 5.92 Å². The Morgan fingerprint density at radius 2 is 2.12 bits per heavy atom. The second-order valence-electron chi connectivity index (χ2n) is 4.61. The van der Waals surface area contributed by atoms with Gasteiger partial charge < -0.3 is 9.84 Å². The molecule has 0 bridgehead atoms. The van der Waals surface area contributed by atoms with E-state index in [-0.39, 0.29) is 6.04 Å². The molecule has 1 aliphatic carbocycles. The summed E-state index contributed by atoms with van der Waals surface area (Å²) in [5.74, 6) is 2.17. The van der Waals surface area contributed by atoms with Crippen LogP contribution in [0, 0.1) is 0 Å². The summed E-state index contributed by atoms with van der Waals surface area (Å²) in [6.07, 6.45) is 6.40. The second kappa shape index (κ2) is 5.43. The van der Waals surface area contributed by atoms with Crippen LogP contribution >= 0.6 is 0 Å². The van der Waals surface area contributed by atoms with Crippen LogP contribution in [0.15, 0.2) is 4.52 Å². The van der Waals surface area contributed by atoms with E-state index in [1.165, 1.54) is 32.1 Å². The van der Waals surface area contributed by atoms with Crippen LogP contribution in [0.25, 0.3) is 0 Å². The highest BCUT2D eigenvalue weighted by Crippen LogP contribution is 2.31. The number of hydrogen-bond acceptors (Lipinski definition) is 4. The molecule has 1 N–H and O–H groups in total. The predicted molar refractivity (Wildman–Crippen MR) is 62.2 cm³/mol. The standard InChI is InChI=1S/C12H21N3O/c1-3-13-9(2)12-14-11(15-16-12)10-7-5-4-6-8-10/h9-10,13H,3-8H2,1-2H3. The Balaban J connectivity index is 2.00. The Bertz CT molecular complexity index is 318. The van der Waals surface area contributed by atoms with E-state index >= 15 is 0 Å². The summed E-state index contributed by atoms with van der Waals surface area (Å²) in [4.78, 5) is 4.51. The molecule has 0 amide bonds. The molecule has 2 rings (SSSR count). The maximum atomic E-state index is 5.31. The normalized spacial score (nSPS) is 19.9. The van der Waals surface area contributed by atoms with E-state index in [2.05, 4.69) is 29.3 Å². The molecule has 1 atom stereocenters. The van der Waals surface area contributed by atoms with Crippen LogP contribution in [0.1, 0.15) is 69.6 Å². The van der Waals surface area contributed by atoms with Crippen LogP contribution in [-0.4, -0.2) is 16.7 Å². The zero-order chi connectivity index (χ0) is 11.4. The number of nitrogens with one attached hydrogen (secondary N) is 1. The van der Waals surface area contributed by atoms with Crippen LogP contribution in [0.5, 0.6) is 0 Å². The van der Waals surface area contributed by atoms with Crippen molar-refractivity contribution >= 4 is 0 Å². The van der Waals surface area contributed by atoms with Crippen molar-refractivity contribution in [3.63, 3.8) is 0 Å².